The summed E-state index contributed by atoms with van der Waals surface area (Å²) in [6, 6.07) is 0. The third-order valence-electron chi connectivity index (χ3n) is 2.55. The van der Waals surface area contributed by atoms with Crippen molar-refractivity contribution < 1.29 is 4.74 Å². The highest BCUT2D eigenvalue weighted by atomic mass is 35.5. The van der Waals surface area contributed by atoms with Crippen molar-refractivity contribution in [1.82, 2.24) is 0 Å². The van der Waals surface area contributed by atoms with Crippen LogP contribution >= 0.6 is 11.6 Å². The van der Waals surface area contributed by atoms with Crippen LogP contribution in [0, 0.1) is 5.92 Å². The van der Waals surface area contributed by atoms with Gasteiger partial charge in [0.15, 0.2) is 0 Å². The standard InChI is InChI=1S/C11H23ClO/c1-6-7-10(12)9(2)8-11(3,4)13-5/h9-10H,6-8H2,1-5H3. The smallest absolute Gasteiger partial charge is 0.0625 e. The minimum absolute atomic E-state index is 0.0414. The first-order valence-corrected chi connectivity index (χ1v) is 5.55. The maximum Gasteiger partial charge on any atom is 0.0625 e. The summed E-state index contributed by atoms with van der Waals surface area (Å²) in [7, 11) is 1.76. The zero-order valence-electron chi connectivity index (χ0n) is 9.56. The van der Waals surface area contributed by atoms with E-state index in [0.29, 0.717) is 11.3 Å². The Morgan fingerprint density at radius 3 is 2.31 bits per heavy atom. The molecule has 1 nitrogen and oxygen atoms in total. The van der Waals surface area contributed by atoms with Crippen LogP contribution in [-0.4, -0.2) is 18.1 Å². The number of ether oxygens (including phenoxy) is 1. The molecular weight excluding hydrogens is 184 g/mol. The Morgan fingerprint density at radius 1 is 1.38 bits per heavy atom. The Morgan fingerprint density at radius 2 is 1.92 bits per heavy atom. The Labute approximate surface area is 87.8 Å². The molecule has 0 amide bonds. The van der Waals surface area contributed by atoms with Crippen molar-refractivity contribution in [2.24, 2.45) is 5.92 Å². The summed E-state index contributed by atoms with van der Waals surface area (Å²) >= 11 is 6.24. The molecule has 0 rings (SSSR count). The lowest BCUT2D eigenvalue weighted by atomic mass is 9.90. The molecule has 13 heavy (non-hydrogen) atoms. The summed E-state index contributed by atoms with van der Waals surface area (Å²) in [4.78, 5) is 0. The van der Waals surface area contributed by atoms with Gasteiger partial charge in [-0.15, -0.1) is 11.6 Å². The normalized spacial score (nSPS) is 17.1. The van der Waals surface area contributed by atoms with Gasteiger partial charge in [-0.2, -0.15) is 0 Å². The van der Waals surface area contributed by atoms with E-state index in [2.05, 4.69) is 27.7 Å². The van der Waals surface area contributed by atoms with Gasteiger partial charge in [0.05, 0.1) is 5.60 Å². The minimum atomic E-state index is -0.0414. The predicted molar refractivity (Wildman–Crippen MR) is 59.4 cm³/mol. The Hall–Kier alpha value is 0.250. The zero-order chi connectivity index (χ0) is 10.5. The van der Waals surface area contributed by atoms with Gasteiger partial charge in [0, 0.05) is 12.5 Å². The van der Waals surface area contributed by atoms with Crippen molar-refractivity contribution in [2.75, 3.05) is 7.11 Å². The van der Waals surface area contributed by atoms with Crippen molar-refractivity contribution in [2.45, 2.75) is 57.9 Å². The largest absolute Gasteiger partial charge is 0.379 e. The van der Waals surface area contributed by atoms with E-state index >= 15 is 0 Å². The Bertz CT molecular complexity index is 134. The summed E-state index contributed by atoms with van der Waals surface area (Å²) in [5, 5.41) is 0.291. The first kappa shape index (κ1) is 13.2. The van der Waals surface area contributed by atoms with E-state index in [-0.39, 0.29) is 5.60 Å². The van der Waals surface area contributed by atoms with Crippen LogP contribution in [0.3, 0.4) is 0 Å². The molecule has 0 aromatic heterocycles. The van der Waals surface area contributed by atoms with E-state index in [0.717, 1.165) is 19.3 Å². The summed E-state index contributed by atoms with van der Waals surface area (Å²) in [6.07, 6.45) is 3.28. The second-order valence-corrected chi connectivity index (χ2v) is 5.01. The number of halogens is 1. The van der Waals surface area contributed by atoms with Gasteiger partial charge < -0.3 is 4.74 Å². The Balaban J connectivity index is 3.91. The number of alkyl halides is 1. The summed E-state index contributed by atoms with van der Waals surface area (Å²) in [5.74, 6) is 0.525. The van der Waals surface area contributed by atoms with Gasteiger partial charge >= 0.3 is 0 Å². The highest BCUT2D eigenvalue weighted by Crippen LogP contribution is 2.26. The molecule has 0 fully saturated rings. The molecule has 0 saturated carbocycles. The predicted octanol–water partition coefficient (Wildman–Crippen LogP) is 3.85. The molecule has 80 valence electrons. The fourth-order valence-corrected chi connectivity index (χ4v) is 1.85. The Kier molecular flexibility index (Phi) is 5.98. The van der Waals surface area contributed by atoms with Crippen molar-refractivity contribution in [3.8, 4) is 0 Å². The summed E-state index contributed by atoms with van der Waals surface area (Å²) in [5.41, 5.74) is -0.0414. The van der Waals surface area contributed by atoms with Gasteiger partial charge in [-0.25, -0.2) is 0 Å². The summed E-state index contributed by atoms with van der Waals surface area (Å²) in [6.45, 7) is 8.59. The van der Waals surface area contributed by atoms with E-state index in [1.807, 2.05) is 0 Å². The highest BCUT2D eigenvalue weighted by molar-refractivity contribution is 6.20. The lowest BCUT2D eigenvalue weighted by molar-refractivity contribution is 0.00324. The van der Waals surface area contributed by atoms with Gasteiger partial charge in [0.25, 0.3) is 0 Å². The molecule has 0 aliphatic carbocycles. The van der Waals surface area contributed by atoms with Gasteiger partial charge in [0.2, 0.25) is 0 Å². The molecular formula is C11H23ClO. The molecule has 2 atom stereocenters. The van der Waals surface area contributed by atoms with Crippen molar-refractivity contribution in [3.63, 3.8) is 0 Å². The van der Waals surface area contributed by atoms with E-state index in [9.17, 15) is 0 Å². The maximum atomic E-state index is 6.24. The molecule has 0 aliphatic heterocycles. The second-order valence-electron chi connectivity index (χ2n) is 4.45. The monoisotopic (exact) mass is 206 g/mol. The summed E-state index contributed by atoms with van der Waals surface area (Å²) < 4.78 is 5.38. The first-order valence-electron chi connectivity index (χ1n) is 5.12. The van der Waals surface area contributed by atoms with Crippen molar-refractivity contribution in [1.29, 1.82) is 0 Å². The molecule has 0 saturated heterocycles. The van der Waals surface area contributed by atoms with Gasteiger partial charge in [-0.05, 0) is 32.6 Å². The molecule has 0 spiro atoms. The van der Waals surface area contributed by atoms with Gasteiger partial charge in [0.1, 0.15) is 0 Å². The third kappa shape index (κ3) is 5.53. The molecule has 0 aromatic carbocycles. The van der Waals surface area contributed by atoms with E-state index in [4.69, 9.17) is 16.3 Å². The molecule has 2 unspecified atom stereocenters. The number of hydrogen-bond donors (Lipinski definition) is 0. The maximum absolute atomic E-state index is 6.24. The minimum Gasteiger partial charge on any atom is -0.379 e. The fraction of sp³-hybridized carbons (Fsp3) is 1.00. The van der Waals surface area contributed by atoms with Gasteiger partial charge in [-0.1, -0.05) is 20.3 Å². The first-order chi connectivity index (χ1) is 5.93. The highest BCUT2D eigenvalue weighted by Gasteiger charge is 2.24. The van der Waals surface area contributed by atoms with Gasteiger partial charge in [-0.3, -0.25) is 0 Å². The van der Waals surface area contributed by atoms with E-state index in [1.54, 1.807) is 7.11 Å². The van der Waals surface area contributed by atoms with E-state index < -0.39 is 0 Å². The van der Waals surface area contributed by atoms with Crippen LogP contribution in [0.1, 0.15) is 47.0 Å². The number of rotatable bonds is 6. The molecule has 0 bridgehead atoms. The van der Waals surface area contributed by atoms with Crippen LogP contribution in [0.4, 0.5) is 0 Å². The molecule has 0 heterocycles. The van der Waals surface area contributed by atoms with Crippen LogP contribution in [0.2, 0.25) is 0 Å². The molecule has 0 N–H and O–H groups in total. The topological polar surface area (TPSA) is 9.23 Å². The lowest BCUT2D eigenvalue weighted by Crippen LogP contribution is -2.28. The lowest BCUT2D eigenvalue weighted by Gasteiger charge is -2.28. The van der Waals surface area contributed by atoms with Crippen LogP contribution in [0.15, 0.2) is 0 Å². The van der Waals surface area contributed by atoms with Crippen molar-refractivity contribution >= 4 is 11.6 Å². The molecule has 2 heteroatoms. The van der Waals surface area contributed by atoms with Crippen LogP contribution in [0.5, 0.6) is 0 Å². The zero-order valence-corrected chi connectivity index (χ0v) is 10.3. The third-order valence-corrected chi connectivity index (χ3v) is 3.20. The average Bonchev–Trinajstić information content (AvgIpc) is 2.04. The van der Waals surface area contributed by atoms with Crippen molar-refractivity contribution in [3.05, 3.63) is 0 Å². The van der Waals surface area contributed by atoms with Crippen LogP contribution < -0.4 is 0 Å². The second kappa shape index (κ2) is 5.87. The van der Waals surface area contributed by atoms with Crippen LogP contribution in [0.25, 0.3) is 0 Å². The van der Waals surface area contributed by atoms with Crippen LogP contribution in [-0.2, 0) is 4.74 Å². The van der Waals surface area contributed by atoms with E-state index in [1.165, 1.54) is 0 Å². The quantitative estimate of drug-likeness (QED) is 0.600. The number of methoxy groups -OCH3 is 1. The average molecular weight is 207 g/mol. The fourth-order valence-electron chi connectivity index (χ4n) is 1.55. The SMILES string of the molecule is CCCC(Cl)C(C)CC(C)(C)OC. The number of hydrogen-bond acceptors (Lipinski definition) is 1. The molecule has 0 radical (unpaired) electrons. The molecule has 0 aromatic rings. The molecule has 0 aliphatic rings.